The van der Waals surface area contributed by atoms with Crippen LogP contribution in [0.15, 0.2) is 29.2 Å². The van der Waals surface area contributed by atoms with E-state index >= 15 is 0 Å². The molecule has 8 heteroatoms. The van der Waals surface area contributed by atoms with Gasteiger partial charge in [-0.25, -0.2) is 4.79 Å². The Bertz CT molecular complexity index is 588. The lowest BCUT2D eigenvalue weighted by Gasteiger charge is -2.23. The van der Waals surface area contributed by atoms with Gasteiger partial charge >= 0.3 is 12.2 Å². The summed E-state index contributed by atoms with van der Waals surface area (Å²) >= 11 is 0. The number of urea groups is 1. The number of amides is 2. The van der Waals surface area contributed by atoms with Crippen LogP contribution in [0, 0.1) is 5.92 Å². The summed E-state index contributed by atoms with van der Waals surface area (Å²) in [5.41, 5.74) is 0.426. The van der Waals surface area contributed by atoms with Crippen molar-refractivity contribution in [3.05, 3.63) is 24.3 Å². The summed E-state index contributed by atoms with van der Waals surface area (Å²) in [5.74, 6) is 0.295. The highest BCUT2D eigenvalue weighted by Gasteiger charge is 2.32. The lowest BCUT2D eigenvalue weighted by atomic mass is 10.3. The number of alkyl halides is 3. The molecule has 23 heavy (non-hydrogen) atoms. The van der Waals surface area contributed by atoms with E-state index in [-0.39, 0.29) is 6.54 Å². The number of halogens is 3. The van der Waals surface area contributed by atoms with Crippen LogP contribution in [0.25, 0.3) is 0 Å². The van der Waals surface area contributed by atoms with Crippen molar-refractivity contribution in [1.82, 2.24) is 4.90 Å². The van der Waals surface area contributed by atoms with Crippen molar-refractivity contribution in [2.45, 2.75) is 30.3 Å². The number of rotatable bonds is 6. The predicted molar refractivity (Wildman–Crippen MR) is 82.8 cm³/mol. The Hall–Kier alpha value is -1.57. The molecular weight excluding hydrogens is 329 g/mol. The third kappa shape index (κ3) is 6.21. The summed E-state index contributed by atoms with van der Waals surface area (Å²) in [6.07, 6.45) is -1.91. The first-order valence-corrected chi connectivity index (χ1v) is 8.86. The van der Waals surface area contributed by atoms with Gasteiger partial charge in [-0.1, -0.05) is 6.07 Å². The summed E-state index contributed by atoms with van der Waals surface area (Å²) < 4.78 is 48.7. The van der Waals surface area contributed by atoms with Gasteiger partial charge in [-0.05, 0) is 37.0 Å². The van der Waals surface area contributed by atoms with Crippen LogP contribution in [0.3, 0.4) is 0 Å². The van der Waals surface area contributed by atoms with Crippen LogP contribution in [-0.2, 0) is 10.8 Å². The Morgan fingerprint density at radius 3 is 2.65 bits per heavy atom. The third-order valence-corrected chi connectivity index (χ3v) is 4.46. The van der Waals surface area contributed by atoms with Crippen LogP contribution in [0.2, 0.25) is 0 Å². The van der Waals surface area contributed by atoms with E-state index in [2.05, 4.69) is 5.32 Å². The molecule has 0 radical (unpaired) electrons. The zero-order valence-corrected chi connectivity index (χ0v) is 13.5. The molecule has 1 N–H and O–H groups in total. The van der Waals surface area contributed by atoms with Gasteiger partial charge in [-0.3, -0.25) is 4.21 Å². The zero-order chi connectivity index (χ0) is 17.0. The normalized spacial score (nSPS) is 16.0. The van der Waals surface area contributed by atoms with Crippen LogP contribution in [0.4, 0.5) is 23.7 Å². The number of nitrogens with one attached hydrogen (secondary N) is 1. The Morgan fingerprint density at radius 1 is 1.39 bits per heavy atom. The first kappa shape index (κ1) is 17.8. The van der Waals surface area contributed by atoms with Gasteiger partial charge < -0.3 is 10.2 Å². The highest BCUT2D eigenvalue weighted by atomic mass is 32.2. The molecule has 1 aromatic rings. The number of hydrogen-bond acceptors (Lipinski definition) is 2. The molecule has 1 fully saturated rings. The minimum Gasteiger partial charge on any atom is -0.324 e. The van der Waals surface area contributed by atoms with Crippen molar-refractivity contribution in [2.24, 2.45) is 5.92 Å². The maximum Gasteiger partial charge on any atom is 0.390 e. The number of carbonyl (C=O) groups is 1. The van der Waals surface area contributed by atoms with E-state index in [1.165, 1.54) is 11.2 Å². The predicted octanol–water partition coefficient (Wildman–Crippen LogP) is 3.62. The summed E-state index contributed by atoms with van der Waals surface area (Å²) in [4.78, 5) is 14.0. The maximum absolute atomic E-state index is 12.4. The first-order valence-electron chi connectivity index (χ1n) is 7.31. The summed E-state index contributed by atoms with van der Waals surface area (Å²) in [5, 5.41) is 2.59. The lowest BCUT2D eigenvalue weighted by molar-refractivity contribution is -0.136. The van der Waals surface area contributed by atoms with Gasteiger partial charge in [0.15, 0.2) is 0 Å². The Labute approximate surface area is 135 Å². The van der Waals surface area contributed by atoms with E-state index in [0.29, 0.717) is 23.0 Å². The number of carbonyl (C=O) groups excluding carboxylic acids is 1. The van der Waals surface area contributed by atoms with E-state index in [1.807, 2.05) is 0 Å². The fourth-order valence-electron chi connectivity index (χ4n) is 2.10. The van der Waals surface area contributed by atoms with Crippen molar-refractivity contribution in [2.75, 3.05) is 24.7 Å². The largest absolute Gasteiger partial charge is 0.390 e. The molecule has 128 valence electrons. The van der Waals surface area contributed by atoms with Gasteiger partial charge in [0, 0.05) is 40.7 Å². The Kier molecular flexibility index (Phi) is 5.67. The topological polar surface area (TPSA) is 49.4 Å². The van der Waals surface area contributed by atoms with Crippen molar-refractivity contribution in [1.29, 1.82) is 0 Å². The molecule has 0 saturated heterocycles. The second-order valence-corrected chi connectivity index (χ2v) is 7.05. The number of anilines is 1. The molecule has 2 rings (SSSR count). The van der Waals surface area contributed by atoms with Gasteiger partial charge in [0.2, 0.25) is 0 Å². The van der Waals surface area contributed by atoms with Gasteiger partial charge in [-0.15, -0.1) is 0 Å². The second kappa shape index (κ2) is 7.33. The molecule has 0 aromatic heterocycles. The summed E-state index contributed by atoms with van der Waals surface area (Å²) in [7, 11) is -1.19. The summed E-state index contributed by atoms with van der Waals surface area (Å²) in [6, 6.07) is 5.94. The van der Waals surface area contributed by atoms with Crippen molar-refractivity contribution in [3.63, 3.8) is 0 Å². The highest BCUT2D eigenvalue weighted by molar-refractivity contribution is 7.84. The van der Waals surface area contributed by atoms with Crippen LogP contribution in [-0.4, -0.2) is 40.7 Å². The van der Waals surface area contributed by atoms with Crippen molar-refractivity contribution < 1.29 is 22.2 Å². The molecule has 0 unspecified atom stereocenters. The average Bonchev–Trinajstić information content (AvgIpc) is 3.26. The second-order valence-electron chi connectivity index (χ2n) is 5.67. The molecule has 0 heterocycles. The van der Waals surface area contributed by atoms with Crippen LogP contribution < -0.4 is 5.32 Å². The zero-order valence-electron chi connectivity index (χ0n) is 12.7. The van der Waals surface area contributed by atoms with E-state index in [1.54, 1.807) is 24.3 Å². The minimum absolute atomic E-state index is 0.295. The molecule has 1 saturated carbocycles. The molecule has 0 aliphatic heterocycles. The number of nitrogens with zero attached hydrogens (tertiary/aromatic N) is 1. The molecular formula is C15H19F3N2O2S. The number of benzene rings is 1. The monoisotopic (exact) mass is 348 g/mol. The van der Waals surface area contributed by atoms with Gasteiger partial charge in [0.1, 0.15) is 0 Å². The van der Waals surface area contributed by atoms with Crippen LogP contribution >= 0.6 is 0 Å². The van der Waals surface area contributed by atoms with Crippen molar-refractivity contribution in [3.8, 4) is 0 Å². The molecule has 1 aromatic carbocycles. The Balaban J connectivity index is 2.01. The smallest absolute Gasteiger partial charge is 0.324 e. The molecule has 1 aliphatic rings. The average molecular weight is 348 g/mol. The maximum atomic E-state index is 12.4. The van der Waals surface area contributed by atoms with Crippen LogP contribution in [0.5, 0.6) is 0 Å². The van der Waals surface area contributed by atoms with Gasteiger partial charge in [0.25, 0.3) is 0 Å². The van der Waals surface area contributed by atoms with E-state index in [0.717, 1.165) is 12.8 Å². The molecule has 0 bridgehead atoms. The first-order chi connectivity index (χ1) is 10.7. The standard InChI is InChI=1S/C15H19F3N2O2S/c1-23(22)13-4-2-3-12(9-13)19-14(21)20(10-11-5-6-11)8-7-15(16,17)18/h2-4,9,11H,5-8,10H2,1H3,(H,19,21)/t23-/m1/s1. The minimum atomic E-state index is -4.29. The molecule has 4 nitrogen and oxygen atoms in total. The Morgan fingerprint density at radius 2 is 2.09 bits per heavy atom. The number of hydrogen-bond donors (Lipinski definition) is 1. The quantitative estimate of drug-likeness (QED) is 0.854. The SMILES string of the molecule is C[S@@](=O)c1cccc(NC(=O)N(CCC(F)(F)F)CC2CC2)c1. The third-order valence-electron chi connectivity index (χ3n) is 3.55. The van der Waals surface area contributed by atoms with Gasteiger partial charge in [-0.2, -0.15) is 13.2 Å². The van der Waals surface area contributed by atoms with E-state index in [4.69, 9.17) is 0 Å². The van der Waals surface area contributed by atoms with Gasteiger partial charge in [0.05, 0.1) is 6.42 Å². The molecule has 2 amide bonds. The molecule has 1 atom stereocenters. The lowest BCUT2D eigenvalue weighted by Crippen LogP contribution is -2.38. The van der Waals surface area contributed by atoms with Crippen molar-refractivity contribution >= 4 is 22.5 Å². The summed E-state index contributed by atoms with van der Waals surface area (Å²) in [6.45, 7) is -0.0213. The molecule has 1 aliphatic carbocycles. The fourth-order valence-corrected chi connectivity index (χ4v) is 2.67. The van der Waals surface area contributed by atoms with E-state index in [9.17, 15) is 22.2 Å². The fraction of sp³-hybridized carbons (Fsp3) is 0.533. The molecule has 0 spiro atoms. The highest BCUT2D eigenvalue weighted by Crippen LogP contribution is 2.30. The van der Waals surface area contributed by atoms with E-state index < -0.39 is 29.4 Å². The van der Waals surface area contributed by atoms with Crippen LogP contribution in [0.1, 0.15) is 19.3 Å².